The van der Waals surface area contributed by atoms with Gasteiger partial charge in [0.2, 0.25) is 0 Å². The molecule has 0 radical (unpaired) electrons. The number of methoxy groups -OCH3 is 2. The summed E-state index contributed by atoms with van der Waals surface area (Å²) >= 11 is 1.43. The second-order valence-corrected chi connectivity index (χ2v) is 7.74. The van der Waals surface area contributed by atoms with Gasteiger partial charge in [-0.05, 0) is 30.5 Å². The third kappa shape index (κ3) is 3.93. The van der Waals surface area contributed by atoms with E-state index in [1.165, 1.54) is 11.3 Å². The summed E-state index contributed by atoms with van der Waals surface area (Å²) in [6.45, 7) is 5.46. The highest BCUT2D eigenvalue weighted by Gasteiger charge is 2.30. The van der Waals surface area contributed by atoms with E-state index in [0.29, 0.717) is 40.4 Å². The molecule has 0 atom stereocenters. The Hall–Kier alpha value is -2.54. The number of aliphatic hydroxyl groups is 1. The summed E-state index contributed by atoms with van der Waals surface area (Å²) in [4.78, 5) is 6.57. The number of rotatable bonds is 7. The minimum Gasteiger partial charge on any atom is -0.510 e. The second-order valence-electron chi connectivity index (χ2n) is 6.88. The van der Waals surface area contributed by atoms with Gasteiger partial charge in [0.25, 0.3) is 0 Å². The molecule has 0 fully saturated rings. The number of hydrogen-bond acceptors (Lipinski definition) is 6. The van der Waals surface area contributed by atoms with Crippen molar-refractivity contribution in [1.82, 2.24) is 9.88 Å². The number of thiazole rings is 1. The van der Waals surface area contributed by atoms with E-state index < -0.39 is 0 Å². The molecule has 0 saturated carbocycles. The van der Waals surface area contributed by atoms with E-state index in [9.17, 15) is 5.11 Å². The Morgan fingerprint density at radius 1 is 1.26 bits per heavy atom. The maximum atomic E-state index is 10.4. The van der Waals surface area contributed by atoms with Gasteiger partial charge in [-0.2, -0.15) is 0 Å². The fourth-order valence-corrected chi connectivity index (χ4v) is 3.88. The first-order valence-electron chi connectivity index (χ1n) is 8.88. The van der Waals surface area contributed by atoms with Crippen LogP contribution in [0.4, 0.5) is 0 Å². The van der Waals surface area contributed by atoms with Gasteiger partial charge in [0.05, 0.1) is 32.0 Å². The number of nitrogens with one attached hydrogen (secondary N) is 1. The van der Waals surface area contributed by atoms with Crippen molar-refractivity contribution in [2.45, 2.75) is 20.3 Å². The highest BCUT2D eigenvalue weighted by molar-refractivity contribution is 7.11. The van der Waals surface area contributed by atoms with Crippen LogP contribution in [0, 0.1) is 11.3 Å². The van der Waals surface area contributed by atoms with Crippen molar-refractivity contribution in [2.24, 2.45) is 5.92 Å². The van der Waals surface area contributed by atoms with E-state index in [-0.39, 0.29) is 5.76 Å². The number of amidine groups is 1. The fraction of sp³-hybridized carbons (Fsp3) is 0.400. The van der Waals surface area contributed by atoms with Gasteiger partial charge in [0, 0.05) is 17.5 Å². The van der Waals surface area contributed by atoms with Gasteiger partial charge in [0.15, 0.2) is 11.5 Å². The Bertz CT molecular complexity index is 873. The zero-order chi connectivity index (χ0) is 19.6. The molecule has 1 aliphatic heterocycles. The summed E-state index contributed by atoms with van der Waals surface area (Å²) in [6.07, 6.45) is 0.984. The lowest BCUT2D eigenvalue weighted by Gasteiger charge is -2.19. The van der Waals surface area contributed by atoms with Gasteiger partial charge in [-0.25, -0.2) is 4.98 Å². The Kier molecular flexibility index (Phi) is 5.70. The molecule has 1 aromatic heterocycles. The molecular formula is C20H25N3O3S. The quantitative estimate of drug-likeness (QED) is 0.734. The zero-order valence-electron chi connectivity index (χ0n) is 16.1. The Morgan fingerprint density at radius 2 is 2.00 bits per heavy atom. The zero-order valence-corrected chi connectivity index (χ0v) is 16.9. The number of aliphatic hydroxyl groups excluding tert-OH is 1. The molecule has 7 heteroatoms. The lowest BCUT2D eigenvalue weighted by Crippen LogP contribution is -2.28. The first kappa shape index (κ1) is 19.2. The van der Waals surface area contributed by atoms with Crippen LogP contribution >= 0.6 is 11.3 Å². The van der Waals surface area contributed by atoms with Crippen LogP contribution in [-0.2, 0) is 0 Å². The van der Waals surface area contributed by atoms with Crippen molar-refractivity contribution in [3.63, 3.8) is 0 Å². The topological polar surface area (TPSA) is 78.7 Å². The van der Waals surface area contributed by atoms with Crippen molar-refractivity contribution < 1.29 is 14.6 Å². The molecule has 2 aromatic rings. The number of ether oxygens (including phenoxy) is 2. The molecule has 1 aliphatic rings. The van der Waals surface area contributed by atoms with Gasteiger partial charge >= 0.3 is 0 Å². The Balaban J connectivity index is 1.84. The summed E-state index contributed by atoms with van der Waals surface area (Å²) in [7, 11) is 3.20. The van der Waals surface area contributed by atoms with E-state index in [2.05, 4.69) is 18.8 Å². The van der Waals surface area contributed by atoms with Crippen LogP contribution in [0.2, 0.25) is 0 Å². The van der Waals surface area contributed by atoms with E-state index in [1.54, 1.807) is 14.2 Å². The third-order valence-corrected chi connectivity index (χ3v) is 5.42. The van der Waals surface area contributed by atoms with Crippen LogP contribution in [0.15, 0.2) is 29.3 Å². The van der Waals surface area contributed by atoms with Crippen LogP contribution in [0.25, 0.3) is 16.8 Å². The Morgan fingerprint density at radius 3 is 2.67 bits per heavy atom. The monoisotopic (exact) mass is 387 g/mol. The minimum atomic E-state index is 0.219. The molecule has 0 bridgehead atoms. The van der Waals surface area contributed by atoms with Crippen molar-refractivity contribution in [3.05, 3.63) is 34.3 Å². The average Bonchev–Trinajstić information content (AvgIpc) is 3.23. The fourth-order valence-electron chi connectivity index (χ4n) is 2.98. The van der Waals surface area contributed by atoms with E-state index in [4.69, 9.17) is 14.9 Å². The maximum absolute atomic E-state index is 10.4. The molecule has 0 amide bonds. The predicted octanol–water partition coefficient (Wildman–Crippen LogP) is 4.44. The first-order valence-corrected chi connectivity index (χ1v) is 9.76. The number of benzene rings is 1. The molecule has 6 nitrogen and oxygen atoms in total. The number of hydrogen-bond donors (Lipinski definition) is 2. The number of aromatic nitrogens is 1. The predicted molar refractivity (Wildman–Crippen MR) is 109 cm³/mol. The highest BCUT2D eigenvalue weighted by Crippen LogP contribution is 2.35. The normalized spacial score (nSPS) is 14.4. The van der Waals surface area contributed by atoms with Crippen molar-refractivity contribution in [2.75, 3.05) is 27.3 Å². The highest BCUT2D eigenvalue weighted by atomic mass is 32.1. The van der Waals surface area contributed by atoms with Gasteiger partial charge in [0.1, 0.15) is 16.6 Å². The molecule has 27 heavy (non-hydrogen) atoms. The third-order valence-electron chi connectivity index (χ3n) is 4.56. The first-order chi connectivity index (χ1) is 12.9. The SMILES string of the molecule is COc1ccc(-c2csc(C3=C(O)CN(CCC(C)C)C3=N)n2)cc1OC. The molecule has 3 rings (SSSR count). The smallest absolute Gasteiger partial charge is 0.161 e. The number of nitrogens with zero attached hydrogens (tertiary/aromatic N) is 2. The lowest BCUT2D eigenvalue weighted by atomic mass is 10.1. The molecule has 2 heterocycles. The molecule has 144 valence electrons. The maximum Gasteiger partial charge on any atom is 0.161 e. The van der Waals surface area contributed by atoms with Crippen LogP contribution in [0.3, 0.4) is 0 Å². The largest absolute Gasteiger partial charge is 0.510 e. The van der Waals surface area contributed by atoms with Crippen LogP contribution < -0.4 is 9.47 Å². The Labute approximate surface area is 163 Å². The summed E-state index contributed by atoms with van der Waals surface area (Å²) in [5, 5.41) is 21.4. The van der Waals surface area contributed by atoms with Gasteiger partial charge in [-0.1, -0.05) is 13.8 Å². The standard InChI is InChI=1S/C20H25N3O3S/c1-12(2)7-8-23-10-15(24)18(19(23)21)20-22-14(11-27-20)13-5-6-16(25-3)17(9-13)26-4/h5-6,9,11-12,21,24H,7-8,10H2,1-4H3. The van der Waals surface area contributed by atoms with Gasteiger partial charge in [-0.15, -0.1) is 11.3 Å². The van der Waals surface area contributed by atoms with Gasteiger partial charge < -0.3 is 19.5 Å². The van der Waals surface area contributed by atoms with Crippen molar-refractivity contribution in [1.29, 1.82) is 5.41 Å². The summed E-state index contributed by atoms with van der Waals surface area (Å²) in [6, 6.07) is 5.64. The van der Waals surface area contributed by atoms with Gasteiger partial charge in [-0.3, -0.25) is 5.41 Å². The lowest BCUT2D eigenvalue weighted by molar-refractivity contribution is 0.337. The van der Waals surface area contributed by atoms with Crippen molar-refractivity contribution >= 4 is 22.7 Å². The molecule has 0 saturated heterocycles. The summed E-state index contributed by atoms with van der Waals surface area (Å²) in [5.41, 5.74) is 2.22. The van der Waals surface area contributed by atoms with Crippen LogP contribution in [0.5, 0.6) is 11.5 Å². The van der Waals surface area contributed by atoms with E-state index in [1.807, 2.05) is 28.5 Å². The van der Waals surface area contributed by atoms with Crippen LogP contribution in [-0.4, -0.2) is 48.1 Å². The summed E-state index contributed by atoms with van der Waals surface area (Å²) < 4.78 is 10.6. The molecule has 0 unspecified atom stereocenters. The van der Waals surface area contributed by atoms with Crippen LogP contribution in [0.1, 0.15) is 25.3 Å². The van der Waals surface area contributed by atoms with E-state index >= 15 is 0 Å². The van der Waals surface area contributed by atoms with Crippen molar-refractivity contribution in [3.8, 4) is 22.8 Å². The second kappa shape index (κ2) is 8.00. The summed E-state index contributed by atoms with van der Waals surface area (Å²) in [5.74, 6) is 2.43. The molecular weight excluding hydrogens is 362 g/mol. The van der Waals surface area contributed by atoms with E-state index in [0.717, 1.165) is 24.2 Å². The average molecular weight is 388 g/mol. The minimum absolute atomic E-state index is 0.219. The molecule has 1 aromatic carbocycles. The molecule has 0 aliphatic carbocycles. The molecule has 0 spiro atoms. The molecule has 2 N–H and O–H groups in total.